The van der Waals surface area contributed by atoms with Crippen molar-refractivity contribution >= 4 is 5.78 Å². The minimum Gasteiger partial charge on any atom is -0.382 e. The van der Waals surface area contributed by atoms with Gasteiger partial charge in [0.05, 0.1) is 0 Å². The van der Waals surface area contributed by atoms with Crippen LogP contribution in [0.3, 0.4) is 0 Å². The number of ketones is 1. The third-order valence-corrected chi connectivity index (χ3v) is 4.33. The highest BCUT2D eigenvalue weighted by atomic mass is 16.3. The summed E-state index contributed by atoms with van der Waals surface area (Å²) in [4.78, 5) is 12.2. The first-order valence-corrected chi connectivity index (χ1v) is 7.40. The molecule has 2 rings (SSSR count). The highest BCUT2D eigenvalue weighted by molar-refractivity contribution is 5.87. The molecular formula is C17H24O2. The monoisotopic (exact) mass is 260 g/mol. The van der Waals surface area contributed by atoms with Crippen LogP contribution < -0.4 is 0 Å². The van der Waals surface area contributed by atoms with Gasteiger partial charge in [-0.25, -0.2) is 0 Å². The molecule has 0 saturated heterocycles. The van der Waals surface area contributed by atoms with E-state index in [0.29, 0.717) is 25.2 Å². The maximum absolute atomic E-state index is 12.2. The van der Waals surface area contributed by atoms with Crippen LogP contribution in [-0.4, -0.2) is 16.5 Å². The summed E-state index contributed by atoms with van der Waals surface area (Å²) in [5.74, 6) is 0.702. The molecule has 0 radical (unpaired) electrons. The number of carbonyl (C=O) groups excluding carboxylic acids is 1. The summed E-state index contributed by atoms with van der Waals surface area (Å²) in [6.07, 6.45) is 5.50. The van der Waals surface area contributed by atoms with Crippen LogP contribution in [0.4, 0.5) is 0 Å². The van der Waals surface area contributed by atoms with Gasteiger partial charge in [0.15, 0.2) is 5.78 Å². The third-order valence-electron chi connectivity index (χ3n) is 4.33. The summed E-state index contributed by atoms with van der Waals surface area (Å²) in [5, 5.41) is 10.4. The second-order valence-electron chi connectivity index (χ2n) is 5.98. The molecule has 1 aromatic rings. The molecule has 1 aromatic carbocycles. The Balaban J connectivity index is 1.78. The Labute approximate surface area is 115 Å². The predicted octanol–water partition coefficient (Wildman–Crippen LogP) is 3.52. The molecule has 1 fully saturated rings. The molecule has 0 heterocycles. The molecule has 1 aliphatic rings. The Hall–Kier alpha value is -1.15. The molecule has 2 heteroatoms. The van der Waals surface area contributed by atoms with E-state index in [1.165, 1.54) is 5.56 Å². The predicted molar refractivity (Wildman–Crippen MR) is 77.0 cm³/mol. The zero-order valence-electron chi connectivity index (χ0n) is 11.8. The molecule has 0 aromatic heterocycles. The second kappa shape index (κ2) is 6.33. The van der Waals surface area contributed by atoms with Crippen molar-refractivity contribution in [2.24, 2.45) is 5.92 Å². The smallest absolute Gasteiger partial charge is 0.164 e. The van der Waals surface area contributed by atoms with E-state index in [2.05, 4.69) is 19.1 Å². The number of rotatable bonds is 5. The van der Waals surface area contributed by atoms with Crippen LogP contribution in [0, 0.1) is 5.92 Å². The number of carbonyl (C=O) groups is 1. The van der Waals surface area contributed by atoms with Gasteiger partial charge in [-0.1, -0.05) is 37.3 Å². The summed E-state index contributed by atoms with van der Waals surface area (Å²) in [6, 6.07) is 10.2. The van der Waals surface area contributed by atoms with E-state index >= 15 is 0 Å². The molecule has 104 valence electrons. The van der Waals surface area contributed by atoms with E-state index in [1.54, 1.807) is 0 Å². The number of Topliss-reactive ketones (excluding diaryl/α,β-unsaturated/α-hetero) is 1. The summed E-state index contributed by atoms with van der Waals surface area (Å²) in [5.41, 5.74) is 0.239. The molecule has 0 unspecified atom stereocenters. The summed E-state index contributed by atoms with van der Waals surface area (Å²) >= 11 is 0. The Bertz CT molecular complexity index is 403. The van der Waals surface area contributed by atoms with E-state index in [0.717, 1.165) is 25.7 Å². The average molecular weight is 260 g/mol. The Morgan fingerprint density at radius 1 is 1.26 bits per heavy atom. The number of hydrogen-bond acceptors (Lipinski definition) is 2. The first kappa shape index (κ1) is 14.3. The van der Waals surface area contributed by atoms with Crippen molar-refractivity contribution in [3.05, 3.63) is 35.9 Å². The van der Waals surface area contributed by atoms with Crippen LogP contribution in [0.5, 0.6) is 0 Å². The highest BCUT2D eigenvalue weighted by Gasteiger charge is 2.37. The molecule has 0 aliphatic heterocycles. The molecule has 0 spiro atoms. The van der Waals surface area contributed by atoms with E-state index in [4.69, 9.17) is 0 Å². The van der Waals surface area contributed by atoms with Gasteiger partial charge in [-0.15, -0.1) is 0 Å². The van der Waals surface area contributed by atoms with Crippen LogP contribution in [0.1, 0.15) is 51.0 Å². The van der Waals surface area contributed by atoms with Gasteiger partial charge in [0.2, 0.25) is 0 Å². The molecular weight excluding hydrogens is 236 g/mol. The van der Waals surface area contributed by atoms with E-state index < -0.39 is 5.60 Å². The van der Waals surface area contributed by atoms with E-state index in [9.17, 15) is 9.90 Å². The quantitative estimate of drug-likeness (QED) is 0.879. The summed E-state index contributed by atoms with van der Waals surface area (Å²) in [7, 11) is 0. The Kier molecular flexibility index (Phi) is 4.76. The van der Waals surface area contributed by atoms with Gasteiger partial charge in [-0.05, 0) is 50.0 Å². The molecule has 19 heavy (non-hydrogen) atoms. The lowest BCUT2D eigenvalue weighted by atomic mass is 9.76. The van der Waals surface area contributed by atoms with Crippen molar-refractivity contribution in [3.8, 4) is 0 Å². The Morgan fingerprint density at radius 3 is 2.53 bits per heavy atom. The fourth-order valence-electron chi connectivity index (χ4n) is 2.85. The van der Waals surface area contributed by atoms with E-state index in [1.807, 2.05) is 18.2 Å². The van der Waals surface area contributed by atoms with Gasteiger partial charge in [0.1, 0.15) is 5.60 Å². The molecule has 1 saturated carbocycles. The van der Waals surface area contributed by atoms with Crippen molar-refractivity contribution in [2.45, 2.75) is 57.5 Å². The van der Waals surface area contributed by atoms with Crippen LogP contribution in [0.25, 0.3) is 0 Å². The van der Waals surface area contributed by atoms with Gasteiger partial charge in [-0.2, -0.15) is 0 Å². The first-order valence-electron chi connectivity index (χ1n) is 7.40. The standard InChI is InChI=1S/C17H24O2/c1-14-10-12-17(19,13-11-14)16(18)9-5-8-15-6-3-2-4-7-15/h2-4,6-7,14,19H,5,8-13H2,1H3. The molecule has 1 aliphatic carbocycles. The minimum atomic E-state index is -1.02. The fourth-order valence-corrected chi connectivity index (χ4v) is 2.85. The van der Waals surface area contributed by atoms with Gasteiger partial charge in [0.25, 0.3) is 0 Å². The highest BCUT2D eigenvalue weighted by Crippen LogP contribution is 2.33. The number of hydrogen-bond donors (Lipinski definition) is 1. The maximum Gasteiger partial charge on any atom is 0.164 e. The lowest BCUT2D eigenvalue weighted by molar-refractivity contribution is -0.141. The number of aryl methyl sites for hydroxylation is 1. The molecule has 0 atom stereocenters. The molecule has 0 bridgehead atoms. The fraction of sp³-hybridized carbons (Fsp3) is 0.588. The number of aliphatic hydroxyl groups is 1. The topological polar surface area (TPSA) is 37.3 Å². The molecule has 1 N–H and O–H groups in total. The van der Waals surface area contributed by atoms with Crippen LogP contribution in [0.2, 0.25) is 0 Å². The lowest BCUT2D eigenvalue weighted by Gasteiger charge is -2.33. The maximum atomic E-state index is 12.2. The average Bonchev–Trinajstić information content (AvgIpc) is 2.43. The summed E-state index contributed by atoms with van der Waals surface area (Å²) in [6.45, 7) is 2.19. The molecule has 2 nitrogen and oxygen atoms in total. The van der Waals surface area contributed by atoms with Crippen LogP contribution in [0.15, 0.2) is 30.3 Å². The Morgan fingerprint density at radius 2 is 1.89 bits per heavy atom. The largest absolute Gasteiger partial charge is 0.382 e. The second-order valence-corrected chi connectivity index (χ2v) is 5.98. The SMILES string of the molecule is CC1CCC(O)(C(=O)CCCc2ccccc2)CC1. The number of benzene rings is 1. The van der Waals surface area contributed by atoms with Crippen molar-refractivity contribution in [2.75, 3.05) is 0 Å². The van der Waals surface area contributed by atoms with Gasteiger partial charge < -0.3 is 5.11 Å². The lowest BCUT2D eigenvalue weighted by Crippen LogP contribution is -2.41. The van der Waals surface area contributed by atoms with Crippen molar-refractivity contribution < 1.29 is 9.90 Å². The van der Waals surface area contributed by atoms with Gasteiger partial charge in [-0.3, -0.25) is 4.79 Å². The van der Waals surface area contributed by atoms with Crippen molar-refractivity contribution in [3.63, 3.8) is 0 Å². The van der Waals surface area contributed by atoms with E-state index in [-0.39, 0.29) is 5.78 Å². The minimum absolute atomic E-state index is 0.0512. The zero-order valence-corrected chi connectivity index (χ0v) is 11.8. The summed E-state index contributed by atoms with van der Waals surface area (Å²) < 4.78 is 0. The normalized spacial score (nSPS) is 27.2. The van der Waals surface area contributed by atoms with Crippen molar-refractivity contribution in [1.82, 2.24) is 0 Å². The first-order chi connectivity index (χ1) is 9.10. The van der Waals surface area contributed by atoms with Crippen LogP contribution in [-0.2, 0) is 11.2 Å². The van der Waals surface area contributed by atoms with Gasteiger partial charge in [0, 0.05) is 6.42 Å². The van der Waals surface area contributed by atoms with Crippen LogP contribution >= 0.6 is 0 Å². The molecule has 0 amide bonds. The zero-order chi connectivity index (χ0) is 13.7. The van der Waals surface area contributed by atoms with Gasteiger partial charge >= 0.3 is 0 Å². The van der Waals surface area contributed by atoms with Crippen molar-refractivity contribution in [1.29, 1.82) is 0 Å². The third kappa shape index (κ3) is 3.90.